The van der Waals surface area contributed by atoms with E-state index in [0.717, 1.165) is 26.1 Å². The summed E-state index contributed by atoms with van der Waals surface area (Å²) >= 11 is 0. The van der Waals surface area contributed by atoms with Crippen molar-refractivity contribution in [1.29, 1.82) is 0 Å². The quantitative estimate of drug-likeness (QED) is 0.673. The summed E-state index contributed by atoms with van der Waals surface area (Å²) in [5, 5.41) is 3.18. The second kappa shape index (κ2) is 6.89. The van der Waals surface area contributed by atoms with Gasteiger partial charge in [0.05, 0.1) is 0 Å². The average Bonchev–Trinajstić information content (AvgIpc) is 2.13. The molecular formula is C10H22N2O. The van der Waals surface area contributed by atoms with Crippen LogP contribution in [0.1, 0.15) is 27.2 Å². The Kier molecular flexibility index (Phi) is 6.59. The van der Waals surface area contributed by atoms with Gasteiger partial charge >= 0.3 is 0 Å². The normalized spacial score (nSPS) is 12.6. The van der Waals surface area contributed by atoms with Gasteiger partial charge in [0.2, 0.25) is 5.91 Å². The summed E-state index contributed by atoms with van der Waals surface area (Å²) < 4.78 is 0. The maximum atomic E-state index is 11.6. The molecule has 0 saturated heterocycles. The maximum Gasteiger partial charge on any atom is 0.226 e. The Morgan fingerprint density at radius 3 is 2.54 bits per heavy atom. The van der Waals surface area contributed by atoms with Crippen LogP contribution >= 0.6 is 0 Å². The van der Waals surface area contributed by atoms with Crippen molar-refractivity contribution in [2.75, 3.05) is 26.7 Å². The van der Waals surface area contributed by atoms with Crippen LogP contribution in [-0.4, -0.2) is 37.5 Å². The van der Waals surface area contributed by atoms with Crippen LogP contribution in [0, 0.1) is 5.92 Å². The van der Waals surface area contributed by atoms with Gasteiger partial charge in [-0.3, -0.25) is 4.79 Å². The van der Waals surface area contributed by atoms with Crippen molar-refractivity contribution in [3.63, 3.8) is 0 Å². The van der Waals surface area contributed by atoms with Gasteiger partial charge in [-0.05, 0) is 13.0 Å². The van der Waals surface area contributed by atoms with Gasteiger partial charge in [-0.1, -0.05) is 20.8 Å². The molecule has 1 unspecified atom stereocenters. The summed E-state index contributed by atoms with van der Waals surface area (Å²) in [6, 6.07) is 0. The Hall–Kier alpha value is -0.570. The largest absolute Gasteiger partial charge is 0.346 e. The highest BCUT2D eigenvalue weighted by molar-refractivity contribution is 5.78. The minimum atomic E-state index is 0.0940. The van der Waals surface area contributed by atoms with Gasteiger partial charge in [0.1, 0.15) is 0 Å². The average molecular weight is 186 g/mol. The summed E-state index contributed by atoms with van der Waals surface area (Å²) in [5.41, 5.74) is 0. The van der Waals surface area contributed by atoms with E-state index < -0.39 is 0 Å². The SMILES string of the molecule is CCCN(C)C(=O)C(C)CNCC. The van der Waals surface area contributed by atoms with Crippen molar-refractivity contribution >= 4 is 5.91 Å². The van der Waals surface area contributed by atoms with Gasteiger partial charge in [-0.25, -0.2) is 0 Å². The highest BCUT2D eigenvalue weighted by Gasteiger charge is 2.15. The minimum Gasteiger partial charge on any atom is -0.346 e. The first-order chi connectivity index (χ1) is 6.13. The minimum absolute atomic E-state index is 0.0940. The lowest BCUT2D eigenvalue weighted by Crippen LogP contribution is -2.37. The third-order valence-corrected chi connectivity index (χ3v) is 2.06. The molecule has 0 aliphatic carbocycles. The summed E-state index contributed by atoms with van der Waals surface area (Å²) in [4.78, 5) is 13.4. The number of rotatable bonds is 6. The first-order valence-electron chi connectivity index (χ1n) is 5.09. The third-order valence-electron chi connectivity index (χ3n) is 2.06. The Labute approximate surface area is 81.5 Å². The summed E-state index contributed by atoms with van der Waals surface area (Å²) in [5.74, 6) is 0.333. The lowest BCUT2D eigenvalue weighted by molar-refractivity contribution is -0.133. The molecule has 0 aliphatic rings. The van der Waals surface area contributed by atoms with Gasteiger partial charge < -0.3 is 10.2 Å². The van der Waals surface area contributed by atoms with E-state index in [2.05, 4.69) is 12.2 Å². The van der Waals surface area contributed by atoms with Crippen LogP contribution < -0.4 is 5.32 Å². The molecule has 0 spiro atoms. The van der Waals surface area contributed by atoms with Crippen LogP contribution in [0.2, 0.25) is 0 Å². The fraction of sp³-hybridized carbons (Fsp3) is 0.900. The number of nitrogens with one attached hydrogen (secondary N) is 1. The van der Waals surface area contributed by atoms with Gasteiger partial charge in [0.15, 0.2) is 0 Å². The lowest BCUT2D eigenvalue weighted by Gasteiger charge is -2.20. The zero-order valence-corrected chi connectivity index (χ0v) is 9.26. The highest BCUT2D eigenvalue weighted by Crippen LogP contribution is 1.99. The Bertz CT molecular complexity index is 148. The van der Waals surface area contributed by atoms with Gasteiger partial charge in [0, 0.05) is 26.1 Å². The van der Waals surface area contributed by atoms with Crippen LogP contribution in [0.5, 0.6) is 0 Å². The highest BCUT2D eigenvalue weighted by atomic mass is 16.2. The Morgan fingerprint density at radius 1 is 1.46 bits per heavy atom. The molecule has 13 heavy (non-hydrogen) atoms. The second-order valence-corrected chi connectivity index (χ2v) is 3.47. The van der Waals surface area contributed by atoms with Gasteiger partial charge in [-0.2, -0.15) is 0 Å². The molecule has 0 radical (unpaired) electrons. The van der Waals surface area contributed by atoms with E-state index in [-0.39, 0.29) is 11.8 Å². The van der Waals surface area contributed by atoms with Crippen molar-refractivity contribution in [2.24, 2.45) is 5.92 Å². The lowest BCUT2D eigenvalue weighted by atomic mass is 10.1. The number of carbonyl (C=O) groups excluding carboxylic acids is 1. The fourth-order valence-corrected chi connectivity index (χ4v) is 1.27. The van der Waals surface area contributed by atoms with E-state index in [0.29, 0.717) is 0 Å². The molecule has 1 N–H and O–H groups in total. The standard InChI is InChI=1S/C10H22N2O/c1-5-7-12(4)10(13)9(3)8-11-6-2/h9,11H,5-8H2,1-4H3. The van der Waals surface area contributed by atoms with Crippen molar-refractivity contribution in [3.8, 4) is 0 Å². The van der Waals surface area contributed by atoms with Crippen LogP contribution in [0.15, 0.2) is 0 Å². The zero-order valence-electron chi connectivity index (χ0n) is 9.26. The van der Waals surface area contributed by atoms with Gasteiger partial charge in [0.25, 0.3) is 0 Å². The summed E-state index contributed by atoms with van der Waals surface area (Å²) in [6.45, 7) is 8.66. The van der Waals surface area contributed by atoms with Crippen molar-refractivity contribution in [1.82, 2.24) is 10.2 Å². The maximum absolute atomic E-state index is 11.6. The fourth-order valence-electron chi connectivity index (χ4n) is 1.27. The van der Waals surface area contributed by atoms with E-state index in [9.17, 15) is 4.79 Å². The second-order valence-electron chi connectivity index (χ2n) is 3.47. The molecular weight excluding hydrogens is 164 g/mol. The van der Waals surface area contributed by atoms with E-state index in [4.69, 9.17) is 0 Å². The first-order valence-corrected chi connectivity index (χ1v) is 5.09. The molecule has 3 nitrogen and oxygen atoms in total. The van der Waals surface area contributed by atoms with E-state index in [1.54, 1.807) is 0 Å². The van der Waals surface area contributed by atoms with E-state index in [1.807, 2.05) is 25.8 Å². The molecule has 0 aromatic carbocycles. The Balaban J connectivity index is 3.79. The summed E-state index contributed by atoms with van der Waals surface area (Å²) in [7, 11) is 1.87. The molecule has 1 amide bonds. The smallest absolute Gasteiger partial charge is 0.226 e. The molecule has 0 heterocycles. The third kappa shape index (κ3) is 4.88. The molecule has 0 aliphatic heterocycles. The Morgan fingerprint density at radius 2 is 2.08 bits per heavy atom. The first kappa shape index (κ1) is 12.4. The predicted molar refractivity (Wildman–Crippen MR) is 55.6 cm³/mol. The molecule has 0 saturated carbocycles. The molecule has 0 fully saturated rings. The number of hydrogen-bond acceptors (Lipinski definition) is 2. The molecule has 0 bridgehead atoms. The van der Waals surface area contributed by atoms with E-state index in [1.165, 1.54) is 0 Å². The molecule has 0 rings (SSSR count). The van der Waals surface area contributed by atoms with Crippen LogP contribution in [0.3, 0.4) is 0 Å². The van der Waals surface area contributed by atoms with Crippen molar-refractivity contribution in [2.45, 2.75) is 27.2 Å². The van der Waals surface area contributed by atoms with Crippen LogP contribution in [-0.2, 0) is 4.79 Å². The molecule has 0 aromatic heterocycles. The van der Waals surface area contributed by atoms with Crippen molar-refractivity contribution < 1.29 is 4.79 Å². The molecule has 78 valence electrons. The molecule has 0 aromatic rings. The number of hydrogen-bond donors (Lipinski definition) is 1. The van der Waals surface area contributed by atoms with Gasteiger partial charge in [-0.15, -0.1) is 0 Å². The predicted octanol–water partition coefficient (Wildman–Crippen LogP) is 1.10. The topological polar surface area (TPSA) is 32.3 Å². The molecule has 1 atom stereocenters. The van der Waals surface area contributed by atoms with Crippen LogP contribution in [0.4, 0.5) is 0 Å². The number of nitrogens with zero attached hydrogens (tertiary/aromatic N) is 1. The zero-order chi connectivity index (χ0) is 10.3. The molecule has 3 heteroatoms. The monoisotopic (exact) mass is 186 g/mol. The number of carbonyl (C=O) groups is 1. The summed E-state index contributed by atoms with van der Waals surface area (Å²) in [6.07, 6.45) is 1.02. The van der Waals surface area contributed by atoms with E-state index >= 15 is 0 Å². The van der Waals surface area contributed by atoms with Crippen LogP contribution in [0.25, 0.3) is 0 Å². The number of amides is 1. The van der Waals surface area contributed by atoms with Crippen molar-refractivity contribution in [3.05, 3.63) is 0 Å².